The molecular formula is C6H13N3. The van der Waals surface area contributed by atoms with E-state index in [-0.39, 0.29) is 0 Å². The highest BCUT2D eigenvalue weighted by atomic mass is 14.9. The first kappa shape index (κ1) is 7.88. The second-order valence-electron chi connectivity index (χ2n) is 1.81. The standard InChI is InChI=1S/C6H13N3/c1-4(7)6(8)5(2)9-3/h9H,1,7-8H2,2-3H3/b6-5-. The topological polar surface area (TPSA) is 64.1 Å². The lowest BCUT2D eigenvalue weighted by molar-refractivity contribution is 0.951. The number of allylic oxidation sites excluding steroid dienone is 1. The van der Waals surface area contributed by atoms with E-state index in [2.05, 4.69) is 11.9 Å². The molecule has 0 saturated heterocycles. The van der Waals surface area contributed by atoms with Crippen molar-refractivity contribution in [1.82, 2.24) is 5.32 Å². The smallest absolute Gasteiger partial charge is 0.0731 e. The molecule has 0 aliphatic rings. The summed E-state index contributed by atoms with van der Waals surface area (Å²) in [4.78, 5) is 0. The summed E-state index contributed by atoms with van der Waals surface area (Å²) >= 11 is 0. The van der Waals surface area contributed by atoms with Gasteiger partial charge in [0.25, 0.3) is 0 Å². The Morgan fingerprint density at radius 2 is 1.89 bits per heavy atom. The van der Waals surface area contributed by atoms with Gasteiger partial charge >= 0.3 is 0 Å². The first-order valence-corrected chi connectivity index (χ1v) is 2.68. The second kappa shape index (κ2) is 3.02. The lowest BCUT2D eigenvalue weighted by atomic mass is 10.3. The van der Waals surface area contributed by atoms with Gasteiger partial charge in [-0.05, 0) is 6.92 Å². The van der Waals surface area contributed by atoms with Crippen LogP contribution in [0.2, 0.25) is 0 Å². The molecule has 0 atom stereocenters. The molecular weight excluding hydrogens is 114 g/mol. The van der Waals surface area contributed by atoms with Gasteiger partial charge < -0.3 is 16.8 Å². The first-order valence-electron chi connectivity index (χ1n) is 2.68. The van der Waals surface area contributed by atoms with Crippen molar-refractivity contribution >= 4 is 0 Å². The van der Waals surface area contributed by atoms with Crippen LogP contribution < -0.4 is 16.8 Å². The summed E-state index contributed by atoms with van der Waals surface area (Å²) in [6.07, 6.45) is 0. The largest absolute Gasteiger partial charge is 0.397 e. The summed E-state index contributed by atoms with van der Waals surface area (Å²) in [5.74, 6) is 0. The van der Waals surface area contributed by atoms with Crippen LogP contribution in [0.4, 0.5) is 0 Å². The molecule has 3 nitrogen and oxygen atoms in total. The summed E-state index contributed by atoms with van der Waals surface area (Å²) in [6.45, 7) is 5.32. The predicted molar refractivity (Wildman–Crippen MR) is 39.3 cm³/mol. The summed E-state index contributed by atoms with van der Waals surface area (Å²) in [7, 11) is 1.78. The van der Waals surface area contributed by atoms with Crippen LogP contribution in [0.25, 0.3) is 0 Å². The maximum Gasteiger partial charge on any atom is 0.0731 e. The number of nitrogens with two attached hydrogens (primary N) is 2. The van der Waals surface area contributed by atoms with Gasteiger partial charge in [0.1, 0.15) is 0 Å². The maximum absolute atomic E-state index is 5.46. The summed E-state index contributed by atoms with van der Waals surface area (Å²) in [5.41, 5.74) is 12.5. The molecule has 0 aromatic carbocycles. The molecule has 0 amide bonds. The van der Waals surface area contributed by atoms with Gasteiger partial charge in [0.2, 0.25) is 0 Å². The first-order chi connectivity index (χ1) is 4.09. The van der Waals surface area contributed by atoms with E-state index in [9.17, 15) is 0 Å². The zero-order chi connectivity index (χ0) is 7.44. The summed E-state index contributed by atoms with van der Waals surface area (Å²) in [6, 6.07) is 0. The van der Waals surface area contributed by atoms with Crippen molar-refractivity contribution < 1.29 is 0 Å². The van der Waals surface area contributed by atoms with E-state index in [1.54, 1.807) is 7.05 Å². The van der Waals surface area contributed by atoms with E-state index in [0.29, 0.717) is 11.4 Å². The van der Waals surface area contributed by atoms with Gasteiger partial charge in [-0.3, -0.25) is 0 Å². The fourth-order valence-electron chi connectivity index (χ4n) is 0.376. The molecule has 52 valence electrons. The van der Waals surface area contributed by atoms with Gasteiger partial charge in [0.15, 0.2) is 0 Å². The molecule has 0 heterocycles. The van der Waals surface area contributed by atoms with Crippen LogP contribution in [-0.2, 0) is 0 Å². The maximum atomic E-state index is 5.46. The molecule has 0 unspecified atom stereocenters. The van der Waals surface area contributed by atoms with Gasteiger partial charge in [-0.15, -0.1) is 0 Å². The Balaban J connectivity index is 4.28. The molecule has 0 radical (unpaired) electrons. The highest BCUT2D eigenvalue weighted by Gasteiger charge is 1.94. The number of hydrogen-bond acceptors (Lipinski definition) is 3. The molecule has 0 saturated carbocycles. The molecule has 5 N–H and O–H groups in total. The second-order valence-corrected chi connectivity index (χ2v) is 1.81. The number of rotatable bonds is 2. The Kier molecular flexibility index (Phi) is 2.64. The van der Waals surface area contributed by atoms with Gasteiger partial charge in [-0.2, -0.15) is 0 Å². The Labute approximate surface area is 55.4 Å². The van der Waals surface area contributed by atoms with Crippen molar-refractivity contribution in [1.29, 1.82) is 0 Å². The molecule has 0 spiro atoms. The molecule has 0 bridgehead atoms. The van der Waals surface area contributed by atoms with Gasteiger partial charge in [-0.25, -0.2) is 0 Å². The Hall–Kier alpha value is -1.12. The third kappa shape index (κ3) is 2.08. The third-order valence-electron chi connectivity index (χ3n) is 1.12. The molecule has 0 aliphatic heterocycles. The van der Waals surface area contributed by atoms with Crippen molar-refractivity contribution in [2.75, 3.05) is 7.05 Å². The van der Waals surface area contributed by atoms with Crippen LogP contribution >= 0.6 is 0 Å². The van der Waals surface area contributed by atoms with Crippen molar-refractivity contribution in [3.05, 3.63) is 23.7 Å². The summed E-state index contributed by atoms with van der Waals surface area (Å²) in [5, 5.41) is 2.86. The molecule has 0 aromatic rings. The molecule has 0 aliphatic carbocycles. The SMILES string of the molecule is C=C(N)/C(N)=C(\C)NC. The number of nitrogens with one attached hydrogen (secondary N) is 1. The minimum atomic E-state index is 0.404. The third-order valence-corrected chi connectivity index (χ3v) is 1.12. The normalized spacial score (nSPS) is 12.2. The van der Waals surface area contributed by atoms with Gasteiger partial charge in [0.05, 0.1) is 5.70 Å². The Morgan fingerprint density at radius 1 is 1.44 bits per heavy atom. The average molecular weight is 127 g/mol. The lowest BCUT2D eigenvalue weighted by Gasteiger charge is -2.04. The lowest BCUT2D eigenvalue weighted by Crippen LogP contribution is -2.16. The van der Waals surface area contributed by atoms with Crippen LogP contribution in [0.3, 0.4) is 0 Å². The van der Waals surface area contributed by atoms with Crippen LogP contribution in [-0.4, -0.2) is 7.05 Å². The highest BCUT2D eigenvalue weighted by Crippen LogP contribution is 1.96. The molecule has 9 heavy (non-hydrogen) atoms. The molecule has 3 heteroatoms. The van der Waals surface area contributed by atoms with E-state index < -0.39 is 0 Å². The zero-order valence-electron chi connectivity index (χ0n) is 5.86. The monoisotopic (exact) mass is 127 g/mol. The number of hydrogen-bond donors (Lipinski definition) is 3. The van der Waals surface area contributed by atoms with Crippen molar-refractivity contribution in [3.63, 3.8) is 0 Å². The molecule has 0 rings (SSSR count). The fraction of sp³-hybridized carbons (Fsp3) is 0.333. The van der Waals surface area contributed by atoms with Crippen molar-refractivity contribution in [3.8, 4) is 0 Å². The average Bonchev–Trinajstić information content (AvgIpc) is 1.84. The van der Waals surface area contributed by atoms with Crippen LogP contribution in [0.1, 0.15) is 6.92 Å². The predicted octanol–water partition coefficient (Wildman–Crippen LogP) is -0.132. The van der Waals surface area contributed by atoms with Crippen LogP contribution in [0.15, 0.2) is 23.7 Å². The van der Waals surface area contributed by atoms with Gasteiger partial charge in [-0.1, -0.05) is 6.58 Å². The van der Waals surface area contributed by atoms with E-state index in [1.165, 1.54) is 0 Å². The minimum absolute atomic E-state index is 0.404. The van der Waals surface area contributed by atoms with Crippen molar-refractivity contribution in [2.24, 2.45) is 11.5 Å². The van der Waals surface area contributed by atoms with Crippen molar-refractivity contribution in [2.45, 2.75) is 6.92 Å². The Bertz CT molecular complexity index is 146. The highest BCUT2D eigenvalue weighted by molar-refractivity contribution is 5.25. The zero-order valence-corrected chi connectivity index (χ0v) is 5.86. The van der Waals surface area contributed by atoms with E-state index in [0.717, 1.165) is 5.70 Å². The van der Waals surface area contributed by atoms with Crippen LogP contribution in [0, 0.1) is 0 Å². The Morgan fingerprint density at radius 3 is 2.00 bits per heavy atom. The van der Waals surface area contributed by atoms with E-state index >= 15 is 0 Å². The van der Waals surface area contributed by atoms with E-state index in [4.69, 9.17) is 11.5 Å². The quantitative estimate of drug-likeness (QED) is 0.453. The fourth-order valence-corrected chi connectivity index (χ4v) is 0.376. The van der Waals surface area contributed by atoms with E-state index in [1.807, 2.05) is 6.92 Å². The minimum Gasteiger partial charge on any atom is -0.397 e. The van der Waals surface area contributed by atoms with Crippen LogP contribution in [0.5, 0.6) is 0 Å². The molecule has 0 fully saturated rings. The molecule has 0 aromatic heterocycles. The summed E-state index contributed by atoms with van der Waals surface area (Å²) < 4.78 is 0. The van der Waals surface area contributed by atoms with Gasteiger partial charge in [0, 0.05) is 18.4 Å².